The van der Waals surface area contributed by atoms with Gasteiger partial charge in [-0.05, 0) is 35.7 Å². The fraction of sp³-hybridized carbons (Fsp3) is 0.200. The molecule has 0 heterocycles. The van der Waals surface area contributed by atoms with Crippen LogP contribution in [0.1, 0.15) is 17.2 Å². The molecule has 2 aromatic rings. The molecule has 2 rings (SSSR count). The van der Waals surface area contributed by atoms with E-state index in [4.69, 9.17) is 10.6 Å². The first kappa shape index (κ1) is 15.0. The van der Waals surface area contributed by atoms with Gasteiger partial charge in [-0.2, -0.15) is 0 Å². The Morgan fingerprint density at radius 2 is 2.05 bits per heavy atom. The summed E-state index contributed by atoms with van der Waals surface area (Å²) < 4.78 is 20.1. The number of hydrogen-bond donors (Lipinski definition) is 2. The summed E-state index contributed by atoms with van der Waals surface area (Å²) in [4.78, 5) is 0. The second kappa shape index (κ2) is 6.83. The lowest BCUT2D eigenvalue weighted by Gasteiger charge is -2.17. The second-order valence-electron chi connectivity index (χ2n) is 4.41. The van der Waals surface area contributed by atoms with Crippen LogP contribution in [0.2, 0.25) is 0 Å². The van der Waals surface area contributed by atoms with Crippen molar-refractivity contribution in [3.63, 3.8) is 0 Å². The number of halogens is 2. The van der Waals surface area contributed by atoms with E-state index in [2.05, 4.69) is 21.4 Å². The van der Waals surface area contributed by atoms with E-state index in [0.717, 1.165) is 10.0 Å². The first-order valence-electron chi connectivity index (χ1n) is 6.18. The topological polar surface area (TPSA) is 47.3 Å². The SMILES string of the molecule is COc1cccc(CC(NN)c2cccc(Br)c2)c1F. The molecular weight excluding hydrogens is 323 g/mol. The minimum absolute atomic E-state index is 0.172. The minimum atomic E-state index is -0.342. The third-order valence-electron chi connectivity index (χ3n) is 3.14. The fourth-order valence-electron chi connectivity index (χ4n) is 2.09. The average Bonchev–Trinajstić information content (AvgIpc) is 2.46. The van der Waals surface area contributed by atoms with Crippen LogP contribution in [-0.2, 0) is 6.42 Å². The van der Waals surface area contributed by atoms with Crippen LogP contribution in [-0.4, -0.2) is 7.11 Å². The molecule has 0 amide bonds. The fourth-order valence-corrected chi connectivity index (χ4v) is 2.50. The van der Waals surface area contributed by atoms with E-state index in [1.807, 2.05) is 24.3 Å². The molecule has 5 heteroatoms. The predicted molar refractivity (Wildman–Crippen MR) is 80.9 cm³/mol. The first-order valence-corrected chi connectivity index (χ1v) is 6.98. The maximum atomic E-state index is 14.2. The zero-order valence-corrected chi connectivity index (χ0v) is 12.7. The summed E-state index contributed by atoms with van der Waals surface area (Å²) in [6.45, 7) is 0. The molecule has 3 nitrogen and oxygen atoms in total. The lowest BCUT2D eigenvalue weighted by atomic mass is 9.99. The smallest absolute Gasteiger partial charge is 0.168 e. The van der Waals surface area contributed by atoms with Crippen molar-refractivity contribution in [2.24, 2.45) is 5.84 Å². The van der Waals surface area contributed by atoms with E-state index < -0.39 is 0 Å². The summed E-state index contributed by atoms with van der Waals surface area (Å²) >= 11 is 3.42. The molecule has 0 fully saturated rings. The van der Waals surface area contributed by atoms with E-state index in [1.54, 1.807) is 18.2 Å². The van der Waals surface area contributed by atoms with Crippen molar-refractivity contribution >= 4 is 15.9 Å². The summed E-state index contributed by atoms with van der Waals surface area (Å²) in [5.41, 5.74) is 4.28. The lowest BCUT2D eigenvalue weighted by Crippen LogP contribution is -2.29. The molecule has 2 aromatic carbocycles. The third-order valence-corrected chi connectivity index (χ3v) is 3.63. The lowest BCUT2D eigenvalue weighted by molar-refractivity contribution is 0.382. The predicted octanol–water partition coefficient (Wildman–Crippen LogP) is 3.34. The van der Waals surface area contributed by atoms with Crippen molar-refractivity contribution in [3.8, 4) is 5.75 Å². The monoisotopic (exact) mass is 338 g/mol. The Morgan fingerprint density at radius 3 is 2.70 bits per heavy atom. The first-order chi connectivity index (χ1) is 9.65. The molecule has 0 bridgehead atoms. The van der Waals surface area contributed by atoms with Crippen LogP contribution in [0, 0.1) is 5.82 Å². The van der Waals surface area contributed by atoms with Gasteiger partial charge in [0.15, 0.2) is 11.6 Å². The molecule has 1 atom stereocenters. The summed E-state index contributed by atoms with van der Waals surface area (Å²) in [5, 5.41) is 0. The molecule has 106 valence electrons. The average molecular weight is 339 g/mol. The molecule has 0 saturated heterocycles. The number of nitrogens with two attached hydrogens (primary N) is 1. The quantitative estimate of drug-likeness (QED) is 0.649. The highest BCUT2D eigenvalue weighted by Gasteiger charge is 2.15. The standard InChI is InChI=1S/C15H16BrFN2O/c1-20-14-7-3-5-11(15(14)17)9-13(19-18)10-4-2-6-12(16)8-10/h2-8,13,19H,9,18H2,1H3. The molecule has 0 aliphatic carbocycles. The number of hydrogen-bond acceptors (Lipinski definition) is 3. The summed E-state index contributed by atoms with van der Waals surface area (Å²) in [6, 6.07) is 12.7. The van der Waals surface area contributed by atoms with Crippen LogP contribution in [0.15, 0.2) is 46.9 Å². The zero-order valence-electron chi connectivity index (χ0n) is 11.1. The maximum absolute atomic E-state index is 14.2. The molecule has 0 aliphatic rings. The Kier molecular flexibility index (Phi) is 5.11. The number of hydrazine groups is 1. The highest BCUT2D eigenvalue weighted by molar-refractivity contribution is 9.10. The highest BCUT2D eigenvalue weighted by atomic mass is 79.9. The van der Waals surface area contributed by atoms with Gasteiger partial charge in [0.05, 0.1) is 13.2 Å². The van der Waals surface area contributed by atoms with Gasteiger partial charge in [-0.15, -0.1) is 0 Å². The summed E-state index contributed by atoms with van der Waals surface area (Å²) in [5.74, 6) is 5.51. The molecule has 0 aliphatic heterocycles. The Bertz CT molecular complexity index is 592. The molecule has 3 N–H and O–H groups in total. The van der Waals surface area contributed by atoms with Crippen molar-refractivity contribution in [1.29, 1.82) is 0 Å². The Hall–Kier alpha value is -1.43. The molecule has 20 heavy (non-hydrogen) atoms. The van der Waals surface area contributed by atoms with E-state index in [9.17, 15) is 4.39 Å². The van der Waals surface area contributed by atoms with Gasteiger partial charge >= 0.3 is 0 Å². The van der Waals surface area contributed by atoms with Crippen LogP contribution in [0.25, 0.3) is 0 Å². The molecule has 0 aromatic heterocycles. The van der Waals surface area contributed by atoms with Gasteiger partial charge in [0, 0.05) is 4.47 Å². The number of rotatable bonds is 5. The molecule has 0 radical (unpaired) electrons. The van der Waals surface area contributed by atoms with Crippen molar-refractivity contribution < 1.29 is 9.13 Å². The summed E-state index contributed by atoms with van der Waals surface area (Å²) in [6.07, 6.45) is 0.440. The van der Waals surface area contributed by atoms with Gasteiger partial charge in [-0.1, -0.05) is 40.2 Å². The van der Waals surface area contributed by atoms with Crippen molar-refractivity contribution in [1.82, 2.24) is 5.43 Å². The van der Waals surface area contributed by atoms with Gasteiger partial charge in [0.2, 0.25) is 0 Å². The van der Waals surface area contributed by atoms with Crippen LogP contribution in [0.5, 0.6) is 5.75 Å². The maximum Gasteiger partial charge on any atom is 0.168 e. The Balaban J connectivity index is 2.27. The molecule has 0 saturated carbocycles. The van der Waals surface area contributed by atoms with Crippen molar-refractivity contribution in [2.45, 2.75) is 12.5 Å². The van der Waals surface area contributed by atoms with E-state index in [1.165, 1.54) is 7.11 Å². The van der Waals surface area contributed by atoms with E-state index in [0.29, 0.717) is 12.0 Å². The summed E-state index contributed by atoms with van der Waals surface area (Å²) in [7, 11) is 1.45. The minimum Gasteiger partial charge on any atom is -0.494 e. The van der Waals surface area contributed by atoms with Crippen molar-refractivity contribution in [2.75, 3.05) is 7.11 Å². The van der Waals surface area contributed by atoms with Gasteiger partial charge in [0.1, 0.15) is 0 Å². The van der Waals surface area contributed by atoms with Crippen LogP contribution < -0.4 is 16.0 Å². The highest BCUT2D eigenvalue weighted by Crippen LogP contribution is 2.26. The van der Waals surface area contributed by atoms with E-state index in [-0.39, 0.29) is 17.6 Å². The van der Waals surface area contributed by atoms with E-state index >= 15 is 0 Å². The largest absolute Gasteiger partial charge is 0.494 e. The normalized spacial score (nSPS) is 12.2. The molecule has 0 spiro atoms. The number of benzene rings is 2. The van der Waals surface area contributed by atoms with Crippen LogP contribution in [0.3, 0.4) is 0 Å². The van der Waals surface area contributed by atoms with Gasteiger partial charge in [0.25, 0.3) is 0 Å². The molecular formula is C15H16BrFN2O. The second-order valence-corrected chi connectivity index (χ2v) is 5.33. The Labute approximate surface area is 126 Å². The number of methoxy groups -OCH3 is 1. The third kappa shape index (κ3) is 3.36. The Morgan fingerprint density at radius 1 is 1.30 bits per heavy atom. The van der Waals surface area contributed by atoms with Crippen LogP contribution in [0.4, 0.5) is 4.39 Å². The van der Waals surface area contributed by atoms with Gasteiger partial charge in [-0.25, -0.2) is 4.39 Å². The molecule has 1 unspecified atom stereocenters. The number of ether oxygens (including phenoxy) is 1. The van der Waals surface area contributed by atoms with Gasteiger partial charge < -0.3 is 4.74 Å². The van der Waals surface area contributed by atoms with Crippen LogP contribution >= 0.6 is 15.9 Å². The van der Waals surface area contributed by atoms with Crippen molar-refractivity contribution in [3.05, 3.63) is 63.9 Å². The zero-order chi connectivity index (χ0) is 14.5. The number of nitrogens with one attached hydrogen (secondary N) is 1. The van der Waals surface area contributed by atoms with Gasteiger partial charge in [-0.3, -0.25) is 11.3 Å².